The van der Waals surface area contributed by atoms with Gasteiger partial charge in [0.05, 0.1) is 6.42 Å². The van der Waals surface area contributed by atoms with Gasteiger partial charge in [-0.1, -0.05) is 82.1 Å². The molecular weight excluding hydrogens is 362 g/mol. The topological polar surface area (TPSA) is 80.4 Å². The van der Waals surface area contributed by atoms with Gasteiger partial charge in [0.15, 0.2) is 5.78 Å². The van der Waals surface area contributed by atoms with Crippen LogP contribution in [0.3, 0.4) is 0 Å². The predicted octanol–water partition coefficient (Wildman–Crippen LogP) is 6.61. The van der Waals surface area contributed by atoms with E-state index < -0.39 is 5.97 Å². The first-order chi connectivity index (χ1) is 13.6. The average Bonchev–Trinajstić information content (AvgIpc) is 2.61. The molecule has 0 saturated heterocycles. The summed E-state index contributed by atoms with van der Waals surface area (Å²) in [5.74, 6) is -1.04. The van der Waals surface area contributed by atoms with Crippen LogP contribution in [-0.4, -0.2) is 22.4 Å². The van der Waals surface area contributed by atoms with Gasteiger partial charge in [0.1, 0.15) is 0 Å². The zero-order valence-corrected chi connectivity index (χ0v) is 19.4. The molecule has 0 aliphatic carbocycles. The Bertz CT molecular complexity index is 603. The molecule has 0 heterocycles. The zero-order chi connectivity index (χ0) is 22.3. The largest absolute Gasteiger partial charge is 0.481 e. The number of aryl methyl sites for hydroxylation is 2. The van der Waals surface area contributed by atoms with Crippen molar-refractivity contribution in [3.8, 4) is 0 Å². The van der Waals surface area contributed by atoms with E-state index in [0.717, 1.165) is 11.1 Å². The van der Waals surface area contributed by atoms with E-state index in [9.17, 15) is 9.59 Å². The highest BCUT2D eigenvalue weighted by atomic mass is 16.4. The first-order valence-corrected chi connectivity index (χ1v) is 11.2. The van der Waals surface area contributed by atoms with Crippen molar-refractivity contribution in [1.82, 2.24) is 0 Å². The summed E-state index contributed by atoms with van der Waals surface area (Å²) in [6, 6.07) is 5.55. The molecule has 4 nitrogen and oxygen atoms in total. The van der Waals surface area contributed by atoms with Gasteiger partial charge in [-0.3, -0.25) is 9.59 Å². The maximum Gasteiger partial charge on any atom is 0.303 e. The molecule has 1 aromatic carbocycles. The molecule has 0 spiro atoms. The second-order valence-electron chi connectivity index (χ2n) is 8.85. The molecule has 0 saturated carbocycles. The normalized spacial score (nSPS) is 11.0. The molecule has 29 heavy (non-hydrogen) atoms. The van der Waals surface area contributed by atoms with Gasteiger partial charge in [-0.2, -0.15) is 0 Å². The minimum Gasteiger partial charge on any atom is -0.481 e. The van der Waals surface area contributed by atoms with E-state index in [1.807, 2.05) is 26.0 Å². The minimum absolute atomic E-state index is 0.0439. The predicted molar refractivity (Wildman–Crippen MR) is 123 cm³/mol. The van der Waals surface area contributed by atoms with Crippen molar-refractivity contribution in [2.24, 2.45) is 5.73 Å². The van der Waals surface area contributed by atoms with E-state index in [0.29, 0.717) is 5.56 Å². The smallest absolute Gasteiger partial charge is 0.303 e. The fourth-order valence-electron chi connectivity index (χ4n) is 3.20. The summed E-state index contributed by atoms with van der Waals surface area (Å²) in [6.45, 7) is 10.3. The van der Waals surface area contributed by atoms with E-state index in [1.54, 1.807) is 6.07 Å². The van der Waals surface area contributed by atoms with Gasteiger partial charge in [0.25, 0.3) is 0 Å². The highest BCUT2D eigenvalue weighted by Crippen LogP contribution is 2.14. The molecule has 1 aromatic rings. The lowest BCUT2D eigenvalue weighted by Crippen LogP contribution is -2.31. The first-order valence-electron chi connectivity index (χ1n) is 11.2. The van der Waals surface area contributed by atoms with Gasteiger partial charge in [0.2, 0.25) is 0 Å². The molecule has 3 N–H and O–H groups in total. The van der Waals surface area contributed by atoms with Gasteiger partial charge in [-0.05, 0) is 39.7 Å². The van der Waals surface area contributed by atoms with Crippen molar-refractivity contribution in [2.45, 2.75) is 111 Å². The lowest BCUT2D eigenvalue weighted by Gasteiger charge is -2.17. The van der Waals surface area contributed by atoms with Crippen LogP contribution >= 0.6 is 0 Å². The van der Waals surface area contributed by atoms with Crippen molar-refractivity contribution in [3.05, 3.63) is 34.9 Å². The number of nitrogens with two attached hydrogens (primary N) is 1. The molecule has 0 bridgehead atoms. The van der Waals surface area contributed by atoms with Gasteiger partial charge >= 0.3 is 5.97 Å². The molecular formula is C25H43NO3. The number of hydrogen-bond acceptors (Lipinski definition) is 3. The number of hydrogen-bond donors (Lipinski definition) is 2. The van der Waals surface area contributed by atoms with E-state index in [1.165, 1.54) is 57.8 Å². The second kappa shape index (κ2) is 15.2. The van der Waals surface area contributed by atoms with Crippen molar-refractivity contribution in [1.29, 1.82) is 0 Å². The third-order valence-corrected chi connectivity index (χ3v) is 4.92. The Labute approximate surface area is 178 Å². The maximum absolute atomic E-state index is 11.6. The number of benzene rings is 1. The zero-order valence-electron chi connectivity index (χ0n) is 19.4. The molecule has 0 aliphatic rings. The number of rotatable bonds is 13. The maximum atomic E-state index is 11.6. The number of Topliss-reactive ketones (excluding diaryl/α,β-unsaturated/α-hetero) is 1. The number of carboxylic acid groups (broad SMARTS) is 1. The third kappa shape index (κ3) is 15.9. The first kappa shape index (κ1) is 27.3. The van der Waals surface area contributed by atoms with Crippen LogP contribution in [-0.2, 0) is 4.79 Å². The van der Waals surface area contributed by atoms with E-state index in [-0.39, 0.29) is 24.2 Å². The molecule has 166 valence electrons. The molecule has 0 aromatic heterocycles. The lowest BCUT2D eigenvalue weighted by molar-refractivity contribution is -0.136. The van der Waals surface area contributed by atoms with Gasteiger partial charge in [0, 0.05) is 17.5 Å². The average molecular weight is 406 g/mol. The number of carbonyl (C=O) groups excluding carboxylic acids is 1. The van der Waals surface area contributed by atoms with E-state index in [4.69, 9.17) is 10.8 Å². The molecule has 4 heteroatoms. The van der Waals surface area contributed by atoms with Gasteiger partial charge in [-0.25, -0.2) is 0 Å². The highest BCUT2D eigenvalue weighted by Gasteiger charge is 2.10. The second-order valence-corrected chi connectivity index (χ2v) is 8.85. The van der Waals surface area contributed by atoms with Crippen LogP contribution in [0.15, 0.2) is 18.2 Å². The Kier molecular flexibility index (Phi) is 14.3. The molecule has 1 rings (SSSR count). The van der Waals surface area contributed by atoms with Crippen LogP contribution < -0.4 is 5.73 Å². The molecule has 0 radical (unpaired) electrons. The Morgan fingerprint density at radius 2 is 1.48 bits per heavy atom. The Hall–Kier alpha value is -1.68. The minimum atomic E-state index is -0.937. The summed E-state index contributed by atoms with van der Waals surface area (Å²) in [5.41, 5.74) is 8.59. The molecule has 0 amide bonds. The Morgan fingerprint density at radius 3 is 1.97 bits per heavy atom. The fraction of sp³-hybridized carbons (Fsp3) is 0.680. The van der Waals surface area contributed by atoms with Gasteiger partial charge < -0.3 is 10.8 Å². The lowest BCUT2D eigenvalue weighted by atomic mass is 9.97. The molecule has 0 aliphatic heterocycles. The van der Waals surface area contributed by atoms with Gasteiger partial charge in [-0.15, -0.1) is 0 Å². The number of unbranched alkanes of at least 4 members (excludes halogenated alkanes) is 7. The monoisotopic (exact) mass is 405 g/mol. The van der Waals surface area contributed by atoms with Crippen molar-refractivity contribution < 1.29 is 14.7 Å². The van der Waals surface area contributed by atoms with Crippen LogP contribution in [0.4, 0.5) is 0 Å². The van der Waals surface area contributed by atoms with Crippen molar-refractivity contribution in [3.63, 3.8) is 0 Å². The molecule has 0 fully saturated rings. The summed E-state index contributed by atoms with van der Waals surface area (Å²) < 4.78 is 0. The summed E-state index contributed by atoms with van der Waals surface area (Å²) >= 11 is 0. The van der Waals surface area contributed by atoms with E-state index in [2.05, 4.69) is 20.8 Å². The molecule has 0 atom stereocenters. The standard InChI is InChI=1S/C13H29N.C12H14O3/c1-4-5-6-7-8-9-10-11-12-13(2,3)14;1-8-3-4-10(9(2)7-8)11(13)5-6-12(14)15/h4-12,14H2,1-3H3;3-4,7H,5-6H2,1-2H3,(H,14,15). The van der Waals surface area contributed by atoms with Crippen LogP contribution in [0.1, 0.15) is 113 Å². The van der Waals surface area contributed by atoms with Crippen LogP contribution in [0.5, 0.6) is 0 Å². The van der Waals surface area contributed by atoms with Crippen molar-refractivity contribution in [2.75, 3.05) is 0 Å². The summed E-state index contributed by atoms with van der Waals surface area (Å²) in [4.78, 5) is 21.9. The number of carbonyl (C=O) groups is 2. The van der Waals surface area contributed by atoms with E-state index >= 15 is 0 Å². The summed E-state index contributed by atoms with van der Waals surface area (Å²) in [5, 5.41) is 8.47. The number of carboxylic acids is 1. The summed E-state index contributed by atoms with van der Waals surface area (Å²) in [6.07, 6.45) is 12.2. The number of aliphatic carboxylic acids is 1. The van der Waals surface area contributed by atoms with Crippen LogP contribution in [0.2, 0.25) is 0 Å². The fourth-order valence-corrected chi connectivity index (χ4v) is 3.20. The Morgan fingerprint density at radius 1 is 0.931 bits per heavy atom. The third-order valence-electron chi connectivity index (χ3n) is 4.92. The Balaban J connectivity index is 0.000000543. The SMILES string of the molecule is CCCCCCCCCCC(C)(C)N.Cc1ccc(C(=O)CCC(=O)O)c(C)c1. The van der Waals surface area contributed by atoms with Crippen LogP contribution in [0, 0.1) is 13.8 Å². The highest BCUT2D eigenvalue weighted by molar-refractivity contribution is 5.98. The number of ketones is 1. The quantitative estimate of drug-likeness (QED) is 0.286. The summed E-state index contributed by atoms with van der Waals surface area (Å²) in [7, 11) is 0. The van der Waals surface area contributed by atoms with Crippen molar-refractivity contribution >= 4 is 11.8 Å². The van der Waals surface area contributed by atoms with Crippen LogP contribution in [0.25, 0.3) is 0 Å². The molecule has 0 unspecified atom stereocenters.